The van der Waals surface area contributed by atoms with Crippen LogP contribution >= 0.6 is 11.3 Å². The number of nitrogens with one attached hydrogen (secondary N) is 2. The molecule has 0 bridgehead atoms. The molecule has 0 radical (unpaired) electrons. The van der Waals surface area contributed by atoms with Gasteiger partial charge in [-0.3, -0.25) is 9.59 Å². The monoisotopic (exact) mass is 412 g/mol. The molecule has 2 rings (SSSR count). The molecule has 0 atom stereocenters. The molecular formula is C18H21FN2O4S2. The number of aryl methyl sites for hydroxylation is 1. The molecular weight excluding hydrogens is 391 g/mol. The minimum absolute atomic E-state index is 0.0970. The second-order valence-electron chi connectivity index (χ2n) is 7.19. The second-order valence-corrected chi connectivity index (χ2v) is 10.3. The minimum atomic E-state index is -3.54. The fourth-order valence-corrected chi connectivity index (χ4v) is 3.69. The van der Waals surface area contributed by atoms with E-state index in [1.807, 2.05) is 0 Å². The summed E-state index contributed by atoms with van der Waals surface area (Å²) in [4.78, 5) is 24.8. The normalized spacial score (nSPS) is 11.9. The fourth-order valence-electron chi connectivity index (χ4n) is 2.08. The Labute approximate surface area is 161 Å². The maximum atomic E-state index is 14.0. The van der Waals surface area contributed by atoms with E-state index in [2.05, 4.69) is 10.6 Å². The van der Waals surface area contributed by atoms with E-state index in [1.54, 1.807) is 33.8 Å². The van der Waals surface area contributed by atoms with Crippen LogP contribution in [0.25, 0.3) is 0 Å². The van der Waals surface area contributed by atoms with Crippen molar-refractivity contribution in [1.29, 1.82) is 0 Å². The number of amides is 2. The molecule has 2 N–H and O–H groups in total. The molecule has 0 saturated carbocycles. The van der Waals surface area contributed by atoms with Crippen LogP contribution in [0.3, 0.4) is 0 Å². The highest BCUT2D eigenvalue weighted by Crippen LogP contribution is 2.29. The van der Waals surface area contributed by atoms with Crippen LogP contribution in [0, 0.1) is 18.2 Å². The van der Waals surface area contributed by atoms with Crippen LogP contribution in [0.2, 0.25) is 0 Å². The number of sulfone groups is 1. The zero-order chi connectivity index (χ0) is 20.6. The summed E-state index contributed by atoms with van der Waals surface area (Å²) in [5, 5.41) is 5.65. The topological polar surface area (TPSA) is 92.3 Å². The van der Waals surface area contributed by atoms with Crippen molar-refractivity contribution >= 4 is 43.7 Å². The number of thiophene rings is 1. The summed E-state index contributed by atoms with van der Waals surface area (Å²) < 4.78 is 37.2. The Hall–Kier alpha value is -2.26. The van der Waals surface area contributed by atoms with Gasteiger partial charge in [0.25, 0.3) is 5.91 Å². The molecule has 0 unspecified atom stereocenters. The van der Waals surface area contributed by atoms with Crippen molar-refractivity contribution in [3.8, 4) is 0 Å². The highest BCUT2D eigenvalue weighted by atomic mass is 32.2. The summed E-state index contributed by atoms with van der Waals surface area (Å²) in [5.41, 5.74) is -0.201. The van der Waals surface area contributed by atoms with Gasteiger partial charge in [0.15, 0.2) is 9.84 Å². The average Bonchev–Trinajstić information content (AvgIpc) is 2.88. The van der Waals surface area contributed by atoms with Gasteiger partial charge in [0, 0.05) is 11.7 Å². The van der Waals surface area contributed by atoms with Crippen LogP contribution in [0.4, 0.5) is 15.1 Å². The summed E-state index contributed by atoms with van der Waals surface area (Å²) in [7, 11) is -3.54. The number of hydrogen-bond acceptors (Lipinski definition) is 5. The predicted octanol–water partition coefficient (Wildman–Crippen LogP) is 3.84. The maximum absolute atomic E-state index is 14.0. The van der Waals surface area contributed by atoms with Crippen molar-refractivity contribution in [3.05, 3.63) is 40.5 Å². The van der Waals surface area contributed by atoms with E-state index in [-0.39, 0.29) is 16.5 Å². The highest BCUT2D eigenvalue weighted by molar-refractivity contribution is 7.90. The molecule has 0 spiro atoms. The Morgan fingerprint density at radius 3 is 2.30 bits per heavy atom. The van der Waals surface area contributed by atoms with Gasteiger partial charge in [0.2, 0.25) is 5.91 Å². The van der Waals surface area contributed by atoms with E-state index in [1.165, 1.54) is 0 Å². The number of rotatable bonds is 4. The number of hydrogen-bond donors (Lipinski definition) is 2. The molecule has 0 aliphatic carbocycles. The van der Waals surface area contributed by atoms with E-state index < -0.39 is 27.0 Å². The quantitative estimate of drug-likeness (QED) is 0.747. The average molecular weight is 413 g/mol. The lowest BCUT2D eigenvalue weighted by atomic mass is 9.96. The lowest BCUT2D eigenvalue weighted by Gasteiger charge is -2.16. The van der Waals surface area contributed by atoms with E-state index in [9.17, 15) is 22.4 Å². The van der Waals surface area contributed by atoms with E-state index in [0.717, 1.165) is 35.8 Å². The molecule has 1 aromatic heterocycles. The molecule has 0 fully saturated rings. The number of anilines is 2. The molecule has 6 nitrogen and oxygen atoms in total. The molecule has 0 aliphatic heterocycles. The Kier molecular flexibility index (Phi) is 5.77. The first kappa shape index (κ1) is 21.0. The summed E-state index contributed by atoms with van der Waals surface area (Å²) in [5.74, 6) is -1.52. The van der Waals surface area contributed by atoms with Crippen molar-refractivity contribution in [2.24, 2.45) is 5.41 Å². The van der Waals surface area contributed by atoms with Gasteiger partial charge in [-0.1, -0.05) is 20.8 Å². The molecule has 2 aromatic rings. The first-order chi connectivity index (χ1) is 12.3. The van der Waals surface area contributed by atoms with Crippen LogP contribution in [0.15, 0.2) is 29.2 Å². The van der Waals surface area contributed by atoms with Crippen LogP contribution in [0.1, 0.15) is 36.0 Å². The number of carbonyl (C=O) groups is 2. The van der Waals surface area contributed by atoms with Crippen molar-refractivity contribution in [2.75, 3.05) is 16.9 Å². The van der Waals surface area contributed by atoms with Crippen LogP contribution in [0.5, 0.6) is 0 Å². The van der Waals surface area contributed by atoms with Crippen molar-refractivity contribution in [2.45, 2.75) is 32.6 Å². The molecule has 0 saturated heterocycles. The summed E-state index contributed by atoms with van der Waals surface area (Å²) >= 11 is 1.06. The van der Waals surface area contributed by atoms with E-state index >= 15 is 0 Å². The van der Waals surface area contributed by atoms with Crippen molar-refractivity contribution in [3.63, 3.8) is 0 Å². The lowest BCUT2D eigenvalue weighted by molar-refractivity contribution is -0.123. The van der Waals surface area contributed by atoms with Crippen LogP contribution in [-0.2, 0) is 14.6 Å². The number of halogens is 1. The Morgan fingerprint density at radius 2 is 1.74 bits per heavy atom. The fraction of sp³-hybridized carbons (Fsp3) is 0.333. The zero-order valence-corrected chi connectivity index (χ0v) is 17.3. The van der Waals surface area contributed by atoms with Gasteiger partial charge in [-0.2, -0.15) is 0 Å². The predicted molar refractivity (Wildman–Crippen MR) is 105 cm³/mol. The molecule has 1 aromatic carbocycles. The standard InChI is InChI=1S/C18H21FN2O4S2/c1-10-8-14(21-17(23)18(2,3)4)26-15(10)16(22)20-13-9-11(27(5,24)25)6-7-12(13)19/h6-9H,1-5H3,(H,20,22)(H,21,23). The molecule has 1 heterocycles. The molecule has 2 amide bonds. The Morgan fingerprint density at radius 1 is 1.11 bits per heavy atom. The summed E-state index contributed by atoms with van der Waals surface area (Å²) in [6.07, 6.45) is 0.999. The minimum Gasteiger partial charge on any atom is -0.319 e. The second kappa shape index (κ2) is 7.40. The van der Waals surface area contributed by atoms with Crippen LogP contribution in [-0.4, -0.2) is 26.5 Å². The van der Waals surface area contributed by atoms with Crippen molar-refractivity contribution in [1.82, 2.24) is 0 Å². The highest BCUT2D eigenvalue weighted by Gasteiger charge is 2.23. The molecule has 9 heteroatoms. The smallest absolute Gasteiger partial charge is 0.266 e. The van der Waals surface area contributed by atoms with Crippen LogP contribution < -0.4 is 10.6 Å². The van der Waals surface area contributed by atoms with Gasteiger partial charge < -0.3 is 10.6 Å². The third-order valence-electron chi connectivity index (χ3n) is 3.66. The summed E-state index contributed by atoms with van der Waals surface area (Å²) in [6, 6.07) is 4.86. The number of carbonyl (C=O) groups excluding carboxylic acids is 2. The Balaban J connectivity index is 2.26. The maximum Gasteiger partial charge on any atom is 0.266 e. The van der Waals surface area contributed by atoms with E-state index in [4.69, 9.17) is 0 Å². The molecule has 0 aliphatic rings. The molecule has 27 heavy (non-hydrogen) atoms. The van der Waals surface area contributed by atoms with Gasteiger partial charge >= 0.3 is 0 Å². The summed E-state index contributed by atoms with van der Waals surface area (Å²) in [6.45, 7) is 7.01. The van der Waals surface area contributed by atoms with E-state index in [0.29, 0.717) is 15.4 Å². The third-order valence-corrected chi connectivity index (χ3v) is 5.92. The van der Waals surface area contributed by atoms with Gasteiger partial charge in [0.05, 0.1) is 20.5 Å². The third kappa shape index (κ3) is 5.14. The largest absolute Gasteiger partial charge is 0.319 e. The zero-order valence-electron chi connectivity index (χ0n) is 15.6. The van der Waals surface area contributed by atoms with Crippen molar-refractivity contribution < 1.29 is 22.4 Å². The SMILES string of the molecule is Cc1cc(NC(=O)C(C)(C)C)sc1C(=O)Nc1cc(S(C)(=O)=O)ccc1F. The number of benzene rings is 1. The molecule has 146 valence electrons. The van der Waals surface area contributed by atoms with Gasteiger partial charge in [-0.15, -0.1) is 11.3 Å². The Bertz CT molecular complexity index is 1000. The first-order valence-corrected chi connectivity index (χ1v) is 10.7. The van der Waals surface area contributed by atoms with Gasteiger partial charge in [-0.25, -0.2) is 12.8 Å². The van der Waals surface area contributed by atoms with Gasteiger partial charge in [-0.05, 0) is 36.8 Å². The first-order valence-electron chi connectivity index (χ1n) is 8.02. The van der Waals surface area contributed by atoms with Gasteiger partial charge in [0.1, 0.15) is 5.82 Å². The lowest BCUT2D eigenvalue weighted by Crippen LogP contribution is -2.27.